The van der Waals surface area contributed by atoms with Gasteiger partial charge in [-0.15, -0.1) is 0 Å². The van der Waals surface area contributed by atoms with Gasteiger partial charge in [0.2, 0.25) is 0 Å². The number of ether oxygens (including phenoxy) is 1. The number of hydrogen-bond acceptors (Lipinski definition) is 3. The third kappa shape index (κ3) is 3.60. The van der Waals surface area contributed by atoms with Crippen molar-refractivity contribution in [1.82, 2.24) is 9.55 Å². The van der Waals surface area contributed by atoms with Gasteiger partial charge in [-0.2, -0.15) is 0 Å². The summed E-state index contributed by atoms with van der Waals surface area (Å²) < 4.78 is 7.92. The van der Waals surface area contributed by atoms with E-state index in [4.69, 9.17) is 4.74 Å². The highest BCUT2D eigenvalue weighted by molar-refractivity contribution is 5.76. The summed E-state index contributed by atoms with van der Waals surface area (Å²) in [5.74, 6) is 1.59. The maximum Gasteiger partial charge on any atom is 0.138 e. The molecule has 4 nitrogen and oxygen atoms in total. The van der Waals surface area contributed by atoms with Crippen LogP contribution in [-0.2, 0) is 6.54 Å². The average molecular weight is 324 g/mol. The second-order valence-corrected chi connectivity index (χ2v) is 6.08. The van der Waals surface area contributed by atoms with Gasteiger partial charge in [0.1, 0.15) is 24.3 Å². The fraction of sp³-hybridized carbons (Fsp3) is 0.350. The van der Waals surface area contributed by atoms with Gasteiger partial charge in [-0.1, -0.05) is 43.2 Å². The third-order valence-electron chi connectivity index (χ3n) is 4.15. The fourth-order valence-corrected chi connectivity index (χ4v) is 2.88. The summed E-state index contributed by atoms with van der Waals surface area (Å²) in [4.78, 5) is 4.63. The lowest BCUT2D eigenvalue weighted by Gasteiger charge is -2.14. The molecule has 3 rings (SSSR count). The van der Waals surface area contributed by atoms with E-state index in [0.717, 1.165) is 29.0 Å². The number of para-hydroxylation sites is 2. The summed E-state index contributed by atoms with van der Waals surface area (Å²) in [5.41, 5.74) is 3.17. The van der Waals surface area contributed by atoms with Crippen molar-refractivity contribution < 1.29 is 9.84 Å². The van der Waals surface area contributed by atoms with Crippen LogP contribution in [0.2, 0.25) is 0 Å². The van der Waals surface area contributed by atoms with Crippen molar-refractivity contribution >= 4 is 11.0 Å². The van der Waals surface area contributed by atoms with Gasteiger partial charge in [-0.05, 0) is 37.6 Å². The molecular formula is C20H24N2O2. The molecule has 0 bridgehead atoms. The Morgan fingerprint density at radius 3 is 2.62 bits per heavy atom. The smallest absolute Gasteiger partial charge is 0.138 e. The molecule has 24 heavy (non-hydrogen) atoms. The topological polar surface area (TPSA) is 47.3 Å². The molecule has 0 amide bonds. The molecule has 4 heteroatoms. The Hall–Kier alpha value is -2.33. The van der Waals surface area contributed by atoms with Gasteiger partial charge in [0.25, 0.3) is 0 Å². The zero-order valence-corrected chi connectivity index (χ0v) is 14.3. The van der Waals surface area contributed by atoms with Gasteiger partial charge < -0.3 is 14.4 Å². The largest absolute Gasteiger partial charge is 0.492 e. The van der Waals surface area contributed by atoms with Crippen molar-refractivity contribution in [2.75, 3.05) is 6.61 Å². The zero-order chi connectivity index (χ0) is 16.9. The lowest BCUT2D eigenvalue weighted by atomic mass is 10.2. The van der Waals surface area contributed by atoms with Crippen molar-refractivity contribution in [3.05, 3.63) is 59.9 Å². The Bertz CT molecular complexity index is 793. The number of fused-ring (bicyclic) bond motifs is 1. The molecule has 0 spiro atoms. The molecule has 1 N–H and O–H groups in total. The highest BCUT2D eigenvalue weighted by Gasteiger charge is 2.17. The van der Waals surface area contributed by atoms with E-state index in [9.17, 15) is 5.11 Å². The molecule has 1 atom stereocenters. The number of aliphatic hydroxyl groups is 1. The molecule has 1 aromatic heterocycles. The van der Waals surface area contributed by atoms with Gasteiger partial charge in [-0.25, -0.2) is 4.98 Å². The molecule has 2 aromatic carbocycles. The van der Waals surface area contributed by atoms with E-state index in [0.29, 0.717) is 19.6 Å². The predicted octanol–water partition coefficient (Wildman–Crippen LogP) is 4.26. The normalized spacial score (nSPS) is 12.5. The van der Waals surface area contributed by atoms with Crippen molar-refractivity contribution in [2.45, 2.75) is 39.3 Å². The van der Waals surface area contributed by atoms with E-state index in [1.807, 2.05) is 48.5 Å². The third-order valence-corrected chi connectivity index (χ3v) is 4.15. The molecule has 1 heterocycles. The quantitative estimate of drug-likeness (QED) is 0.706. The Kier molecular flexibility index (Phi) is 5.16. The molecule has 0 aliphatic rings. The van der Waals surface area contributed by atoms with Crippen LogP contribution in [0.1, 0.15) is 37.3 Å². The highest BCUT2D eigenvalue weighted by atomic mass is 16.5. The number of aromatic nitrogens is 2. The van der Waals surface area contributed by atoms with Gasteiger partial charge >= 0.3 is 0 Å². The first-order chi connectivity index (χ1) is 11.7. The number of hydrogen-bond donors (Lipinski definition) is 1. The van der Waals surface area contributed by atoms with Crippen LogP contribution in [0.5, 0.6) is 5.75 Å². The Morgan fingerprint density at radius 1 is 1.12 bits per heavy atom. The Balaban J connectivity index is 1.79. The van der Waals surface area contributed by atoms with Crippen LogP contribution in [0.4, 0.5) is 0 Å². The predicted molar refractivity (Wildman–Crippen MR) is 96.3 cm³/mol. The number of aliphatic hydroxyl groups excluding tert-OH is 1. The molecule has 0 fully saturated rings. The second kappa shape index (κ2) is 7.49. The Labute approximate surface area is 142 Å². The summed E-state index contributed by atoms with van der Waals surface area (Å²) >= 11 is 0. The summed E-state index contributed by atoms with van der Waals surface area (Å²) in [5, 5.41) is 10.4. The maximum absolute atomic E-state index is 10.4. The van der Waals surface area contributed by atoms with Gasteiger partial charge in [0, 0.05) is 0 Å². The molecule has 0 aliphatic carbocycles. The van der Waals surface area contributed by atoms with Gasteiger partial charge in [0.05, 0.1) is 17.6 Å². The average Bonchev–Trinajstić information content (AvgIpc) is 2.96. The summed E-state index contributed by atoms with van der Waals surface area (Å²) in [6, 6.07) is 16.0. The summed E-state index contributed by atoms with van der Waals surface area (Å²) in [7, 11) is 0. The van der Waals surface area contributed by atoms with Crippen molar-refractivity contribution in [2.24, 2.45) is 0 Å². The molecule has 0 aliphatic heterocycles. The molecule has 0 saturated heterocycles. The minimum absolute atomic E-state index is 0.537. The van der Waals surface area contributed by atoms with Crippen LogP contribution < -0.4 is 4.74 Å². The molecule has 0 radical (unpaired) electrons. The van der Waals surface area contributed by atoms with E-state index < -0.39 is 6.10 Å². The standard InChI is InChI=1S/C20H24N2O2/c1-3-6-19(23)20-21-17-7-4-5-8-18(17)22(20)13-14-24-16-11-9-15(2)10-12-16/h4-5,7-12,19,23H,3,6,13-14H2,1-2H3/t19-/m0/s1. The fourth-order valence-electron chi connectivity index (χ4n) is 2.88. The van der Waals surface area contributed by atoms with E-state index in [-0.39, 0.29) is 0 Å². The van der Waals surface area contributed by atoms with Crippen LogP contribution in [0.25, 0.3) is 11.0 Å². The number of rotatable bonds is 7. The van der Waals surface area contributed by atoms with E-state index >= 15 is 0 Å². The molecule has 0 saturated carbocycles. The van der Waals surface area contributed by atoms with Crippen LogP contribution >= 0.6 is 0 Å². The van der Waals surface area contributed by atoms with Gasteiger partial charge in [-0.3, -0.25) is 0 Å². The molecule has 0 unspecified atom stereocenters. The lowest BCUT2D eigenvalue weighted by molar-refractivity contribution is 0.151. The number of imidazole rings is 1. The number of aryl methyl sites for hydroxylation is 1. The Morgan fingerprint density at radius 2 is 1.88 bits per heavy atom. The SMILES string of the molecule is CCC[C@H](O)c1nc2ccccc2n1CCOc1ccc(C)cc1. The first kappa shape index (κ1) is 16.5. The van der Waals surface area contributed by atoms with Crippen LogP contribution in [-0.4, -0.2) is 21.3 Å². The molecule has 126 valence electrons. The number of benzene rings is 2. The monoisotopic (exact) mass is 324 g/mol. The summed E-state index contributed by atoms with van der Waals surface area (Å²) in [6.07, 6.45) is 1.09. The maximum atomic E-state index is 10.4. The second-order valence-electron chi connectivity index (χ2n) is 6.08. The number of nitrogens with zero attached hydrogens (tertiary/aromatic N) is 2. The highest BCUT2D eigenvalue weighted by Crippen LogP contribution is 2.23. The zero-order valence-electron chi connectivity index (χ0n) is 14.3. The van der Waals surface area contributed by atoms with Crippen molar-refractivity contribution in [3.63, 3.8) is 0 Å². The van der Waals surface area contributed by atoms with E-state index in [1.54, 1.807) is 0 Å². The van der Waals surface area contributed by atoms with Crippen LogP contribution in [0.15, 0.2) is 48.5 Å². The first-order valence-corrected chi connectivity index (χ1v) is 8.51. The molecule has 3 aromatic rings. The lowest BCUT2D eigenvalue weighted by Crippen LogP contribution is -2.14. The van der Waals surface area contributed by atoms with Crippen molar-refractivity contribution in [1.29, 1.82) is 0 Å². The minimum Gasteiger partial charge on any atom is -0.492 e. The first-order valence-electron chi connectivity index (χ1n) is 8.51. The van der Waals surface area contributed by atoms with Crippen LogP contribution in [0, 0.1) is 6.92 Å². The minimum atomic E-state index is -0.540. The van der Waals surface area contributed by atoms with Crippen LogP contribution in [0.3, 0.4) is 0 Å². The van der Waals surface area contributed by atoms with Gasteiger partial charge in [0.15, 0.2) is 0 Å². The summed E-state index contributed by atoms with van der Waals surface area (Å²) in [6.45, 7) is 5.32. The van der Waals surface area contributed by atoms with E-state index in [2.05, 4.69) is 23.4 Å². The molecular weight excluding hydrogens is 300 g/mol. The van der Waals surface area contributed by atoms with Crippen molar-refractivity contribution in [3.8, 4) is 5.75 Å². The van der Waals surface area contributed by atoms with E-state index in [1.165, 1.54) is 5.56 Å².